The van der Waals surface area contributed by atoms with Crippen LogP contribution < -0.4 is 10.9 Å². The average Bonchev–Trinajstić information content (AvgIpc) is 3.19. The van der Waals surface area contributed by atoms with Gasteiger partial charge in [0.25, 0.3) is 11.5 Å². The van der Waals surface area contributed by atoms with Gasteiger partial charge in [-0.25, -0.2) is 0 Å². The summed E-state index contributed by atoms with van der Waals surface area (Å²) >= 11 is 0. The molecule has 0 bridgehead atoms. The van der Waals surface area contributed by atoms with Crippen LogP contribution in [0.3, 0.4) is 0 Å². The van der Waals surface area contributed by atoms with Gasteiger partial charge in [-0.05, 0) is 41.3 Å². The van der Waals surface area contributed by atoms with E-state index in [2.05, 4.69) is 15.5 Å². The molecule has 29 heavy (non-hydrogen) atoms. The van der Waals surface area contributed by atoms with E-state index in [9.17, 15) is 9.59 Å². The van der Waals surface area contributed by atoms with Crippen molar-refractivity contribution < 1.29 is 9.32 Å². The van der Waals surface area contributed by atoms with Crippen molar-refractivity contribution in [3.8, 4) is 11.1 Å². The van der Waals surface area contributed by atoms with Gasteiger partial charge in [-0.1, -0.05) is 47.6 Å². The maximum Gasteiger partial charge on any atom is 0.294 e. The van der Waals surface area contributed by atoms with Crippen LogP contribution in [0.2, 0.25) is 0 Å². The van der Waals surface area contributed by atoms with Crippen LogP contribution in [0.5, 0.6) is 0 Å². The number of nitrogens with one attached hydrogen (secondary N) is 2. The van der Waals surface area contributed by atoms with E-state index in [0.29, 0.717) is 22.0 Å². The van der Waals surface area contributed by atoms with Gasteiger partial charge in [0.1, 0.15) is 5.52 Å². The van der Waals surface area contributed by atoms with E-state index in [0.717, 1.165) is 16.5 Å². The Morgan fingerprint density at radius 3 is 2.34 bits per heavy atom. The minimum atomic E-state index is -0.360. The van der Waals surface area contributed by atoms with Crippen LogP contribution in [-0.4, -0.2) is 16.0 Å². The van der Waals surface area contributed by atoms with Gasteiger partial charge in [0.05, 0.1) is 5.39 Å². The third-order valence-electron chi connectivity index (χ3n) is 4.85. The van der Waals surface area contributed by atoms with Crippen molar-refractivity contribution in [2.45, 2.75) is 0 Å². The smallest absolute Gasteiger partial charge is 0.294 e. The lowest BCUT2D eigenvalue weighted by Crippen LogP contribution is -2.11. The number of carbonyl (C=O) groups is 1. The first-order valence-electron chi connectivity index (χ1n) is 9.07. The summed E-state index contributed by atoms with van der Waals surface area (Å²) < 4.78 is 5.21. The molecule has 140 valence electrons. The molecule has 5 rings (SSSR count). The Morgan fingerprint density at radius 1 is 0.862 bits per heavy atom. The van der Waals surface area contributed by atoms with E-state index >= 15 is 0 Å². The molecular formula is C23H15N3O3. The van der Waals surface area contributed by atoms with Crippen LogP contribution >= 0.6 is 0 Å². The highest BCUT2D eigenvalue weighted by atomic mass is 16.5. The SMILES string of the molecule is O=C(Nc1ccc(-c2c[nH]c(=O)c3ccccc23)cc1)c1onc2ccccc12. The molecule has 6 heteroatoms. The standard InChI is InChI=1S/C23H15N3O3/c27-22-17-6-2-1-5-16(17)19(13-24-22)14-9-11-15(12-10-14)25-23(28)21-18-7-3-4-8-20(18)26-29-21/h1-13H,(H,24,27)(H,25,28). The molecule has 0 saturated carbocycles. The number of aromatic amines is 1. The molecule has 0 unspecified atom stereocenters. The molecule has 0 aliphatic carbocycles. The van der Waals surface area contributed by atoms with Crippen molar-refractivity contribution in [1.29, 1.82) is 0 Å². The van der Waals surface area contributed by atoms with Crippen molar-refractivity contribution in [3.05, 3.63) is 95.1 Å². The zero-order chi connectivity index (χ0) is 19.8. The summed E-state index contributed by atoms with van der Waals surface area (Å²) in [6.45, 7) is 0. The predicted molar refractivity (Wildman–Crippen MR) is 112 cm³/mol. The molecule has 6 nitrogen and oxygen atoms in total. The molecule has 2 heterocycles. The Labute approximate surface area is 164 Å². The Kier molecular flexibility index (Phi) is 3.95. The van der Waals surface area contributed by atoms with Gasteiger partial charge >= 0.3 is 0 Å². The third kappa shape index (κ3) is 2.96. The number of hydrogen-bond acceptors (Lipinski definition) is 4. The van der Waals surface area contributed by atoms with Crippen LogP contribution in [0.4, 0.5) is 5.69 Å². The zero-order valence-corrected chi connectivity index (χ0v) is 15.2. The highest BCUT2D eigenvalue weighted by molar-refractivity contribution is 6.10. The molecule has 1 amide bonds. The van der Waals surface area contributed by atoms with Crippen LogP contribution in [0.15, 0.2) is 88.3 Å². The topological polar surface area (TPSA) is 88.0 Å². The zero-order valence-electron chi connectivity index (χ0n) is 15.2. The molecule has 0 saturated heterocycles. The second kappa shape index (κ2) is 6.76. The molecule has 0 aliphatic rings. The number of benzene rings is 3. The van der Waals surface area contributed by atoms with Gasteiger partial charge in [0, 0.05) is 22.8 Å². The van der Waals surface area contributed by atoms with E-state index in [1.54, 1.807) is 24.4 Å². The first-order chi connectivity index (χ1) is 14.2. The largest absolute Gasteiger partial charge is 0.350 e. The van der Waals surface area contributed by atoms with Crippen LogP contribution in [0.25, 0.3) is 32.8 Å². The summed E-state index contributed by atoms with van der Waals surface area (Å²) in [4.78, 5) is 27.4. The Hall–Kier alpha value is -4.19. The average molecular weight is 381 g/mol. The van der Waals surface area contributed by atoms with E-state index in [4.69, 9.17) is 4.52 Å². The number of hydrogen-bond donors (Lipinski definition) is 2. The normalized spacial score (nSPS) is 11.0. The van der Waals surface area contributed by atoms with Crippen molar-refractivity contribution in [2.75, 3.05) is 5.32 Å². The predicted octanol–water partition coefficient (Wildman–Crippen LogP) is 4.59. The fourth-order valence-corrected chi connectivity index (χ4v) is 3.42. The van der Waals surface area contributed by atoms with Gasteiger partial charge in [0.2, 0.25) is 5.76 Å². The van der Waals surface area contributed by atoms with E-state index in [1.807, 2.05) is 54.6 Å². The van der Waals surface area contributed by atoms with Gasteiger partial charge in [-0.15, -0.1) is 0 Å². The van der Waals surface area contributed by atoms with Crippen molar-refractivity contribution in [3.63, 3.8) is 0 Å². The third-order valence-corrected chi connectivity index (χ3v) is 4.85. The molecule has 5 aromatic rings. The highest BCUT2D eigenvalue weighted by Gasteiger charge is 2.16. The summed E-state index contributed by atoms with van der Waals surface area (Å²) in [6.07, 6.45) is 1.71. The van der Waals surface area contributed by atoms with Crippen molar-refractivity contribution in [2.24, 2.45) is 0 Å². The second-order valence-electron chi connectivity index (χ2n) is 6.64. The first kappa shape index (κ1) is 16.9. The number of aromatic nitrogens is 2. The fourth-order valence-electron chi connectivity index (χ4n) is 3.42. The lowest BCUT2D eigenvalue weighted by Gasteiger charge is -2.08. The second-order valence-corrected chi connectivity index (χ2v) is 6.64. The molecule has 0 spiro atoms. The Balaban J connectivity index is 1.45. The lowest BCUT2D eigenvalue weighted by molar-refractivity contribution is 0.0990. The number of fused-ring (bicyclic) bond motifs is 2. The first-order valence-corrected chi connectivity index (χ1v) is 9.07. The number of carbonyl (C=O) groups excluding carboxylic acids is 1. The summed E-state index contributed by atoms with van der Waals surface area (Å²) in [7, 11) is 0. The molecule has 0 atom stereocenters. The lowest BCUT2D eigenvalue weighted by atomic mass is 10.0. The molecule has 2 N–H and O–H groups in total. The Morgan fingerprint density at radius 2 is 1.55 bits per heavy atom. The van der Waals surface area contributed by atoms with Gasteiger partial charge < -0.3 is 14.8 Å². The molecule has 3 aromatic carbocycles. The maximum atomic E-state index is 12.6. The number of amides is 1. The summed E-state index contributed by atoms with van der Waals surface area (Å²) in [6, 6.07) is 22.1. The number of anilines is 1. The van der Waals surface area contributed by atoms with E-state index in [1.165, 1.54) is 0 Å². The van der Waals surface area contributed by atoms with Crippen LogP contribution in [0.1, 0.15) is 10.6 Å². The molecule has 0 radical (unpaired) electrons. The number of rotatable bonds is 3. The molecule has 0 fully saturated rings. The van der Waals surface area contributed by atoms with E-state index in [-0.39, 0.29) is 17.2 Å². The fraction of sp³-hybridized carbons (Fsp3) is 0. The molecular weight excluding hydrogens is 366 g/mol. The summed E-state index contributed by atoms with van der Waals surface area (Å²) in [5.74, 6) is -0.183. The van der Waals surface area contributed by atoms with Gasteiger partial charge in [0.15, 0.2) is 0 Å². The van der Waals surface area contributed by atoms with E-state index < -0.39 is 0 Å². The van der Waals surface area contributed by atoms with Crippen LogP contribution in [0, 0.1) is 0 Å². The number of nitrogens with zero attached hydrogens (tertiary/aromatic N) is 1. The number of H-pyrrole nitrogens is 1. The van der Waals surface area contributed by atoms with Gasteiger partial charge in [-0.3, -0.25) is 9.59 Å². The monoisotopic (exact) mass is 381 g/mol. The van der Waals surface area contributed by atoms with Gasteiger partial charge in [-0.2, -0.15) is 0 Å². The quantitative estimate of drug-likeness (QED) is 0.478. The van der Waals surface area contributed by atoms with Crippen molar-refractivity contribution >= 4 is 33.3 Å². The minimum Gasteiger partial charge on any atom is -0.350 e. The van der Waals surface area contributed by atoms with Crippen LogP contribution in [-0.2, 0) is 0 Å². The highest BCUT2D eigenvalue weighted by Crippen LogP contribution is 2.27. The molecule has 2 aromatic heterocycles. The maximum absolute atomic E-state index is 12.6. The summed E-state index contributed by atoms with van der Waals surface area (Å²) in [5, 5.41) is 8.92. The van der Waals surface area contributed by atoms with Crippen molar-refractivity contribution in [1.82, 2.24) is 10.1 Å². The molecule has 0 aliphatic heterocycles. The minimum absolute atomic E-state index is 0.118. The Bertz CT molecular complexity index is 1420. The summed E-state index contributed by atoms with van der Waals surface area (Å²) in [5.41, 5.74) is 3.00. The number of pyridine rings is 1.